The van der Waals surface area contributed by atoms with E-state index in [0.29, 0.717) is 0 Å². The molecule has 4 heteroatoms. The summed E-state index contributed by atoms with van der Waals surface area (Å²) in [6.45, 7) is 6.65. The number of carbonyl (C=O) groups is 2. The Morgan fingerprint density at radius 3 is 1.77 bits per heavy atom. The molecule has 1 aromatic rings. The standard InChI is InChI=1S/C26H38O4/c1-18-17-21(9-5-4-7-11-25(13-14-25)23(27)28)19(2)20(3)22(18)10-6-8-12-26(15-16-26)24(29)30/h17H,4-16H2,1-3H3,(H,27,28)(H,29,30). The lowest BCUT2D eigenvalue weighted by molar-refractivity contribution is -0.144. The van der Waals surface area contributed by atoms with Gasteiger partial charge in [-0.25, -0.2) is 0 Å². The Hall–Kier alpha value is -1.84. The first-order chi connectivity index (χ1) is 14.2. The number of aryl methyl sites for hydroxylation is 2. The molecular formula is C26H38O4. The molecule has 2 saturated carbocycles. The van der Waals surface area contributed by atoms with Crippen LogP contribution >= 0.6 is 0 Å². The van der Waals surface area contributed by atoms with Gasteiger partial charge in [0.15, 0.2) is 0 Å². The van der Waals surface area contributed by atoms with E-state index in [-0.39, 0.29) is 5.41 Å². The second-order valence-corrected chi connectivity index (χ2v) is 10.0. The van der Waals surface area contributed by atoms with Crippen LogP contribution in [0.3, 0.4) is 0 Å². The number of aliphatic carboxylic acids is 2. The number of carboxylic acid groups (broad SMARTS) is 2. The summed E-state index contributed by atoms with van der Waals surface area (Å²) in [6.07, 6.45) is 12.5. The van der Waals surface area contributed by atoms with E-state index in [9.17, 15) is 19.8 Å². The number of hydrogen-bond acceptors (Lipinski definition) is 2. The van der Waals surface area contributed by atoms with Gasteiger partial charge >= 0.3 is 11.9 Å². The van der Waals surface area contributed by atoms with E-state index in [1.165, 1.54) is 27.8 Å². The van der Waals surface area contributed by atoms with Crippen LogP contribution in [0.1, 0.15) is 98.4 Å². The van der Waals surface area contributed by atoms with Gasteiger partial charge in [-0.05, 0) is 113 Å². The van der Waals surface area contributed by atoms with Gasteiger partial charge in [0.1, 0.15) is 0 Å². The Labute approximate surface area is 181 Å². The summed E-state index contributed by atoms with van der Waals surface area (Å²) in [6, 6.07) is 2.34. The summed E-state index contributed by atoms with van der Waals surface area (Å²) in [5, 5.41) is 18.6. The lowest BCUT2D eigenvalue weighted by Crippen LogP contribution is -2.14. The Kier molecular flexibility index (Phi) is 6.94. The van der Waals surface area contributed by atoms with Gasteiger partial charge in [-0.3, -0.25) is 9.59 Å². The van der Waals surface area contributed by atoms with Crippen molar-refractivity contribution in [2.75, 3.05) is 0 Å². The van der Waals surface area contributed by atoms with Crippen molar-refractivity contribution < 1.29 is 19.8 Å². The van der Waals surface area contributed by atoms with Gasteiger partial charge in [-0.1, -0.05) is 25.3 Å². The third kappa shape index (κ3) is 5.07. The van der Waals surface area contributed by atoms with Gasteiger partial charge < -0.3 is 10.2 Å². The molecule has 2 aliphatic carbocycles. The van der Waals surface area contributed by atoms with Crippen LogP contribution in [0.4, 0.5) is 0 Å². The highest BCUT2D eigenvalue weighted by atomic mass is 16.4. The van der Waals surface area contributed by atoms with Crippen LogP contribution in [-0.2, 0) is 22.4 Å². The largest absolute Gasteiger partial charge is 0.481 e. The zero-order valence-corrected chi connectivity index (χ0v) is 19.0. The number of rotatable bonds is 13. The smallest absolute Gasteiger partial charge is 0.309 e. The molecule has 0 amide bonds. The predicted molar refractivity (Wildman–Crippen MR) is 119 cm³/mol. The van der Waals surface area contributed by atoms with E-state index < -0.39 is 17.4 Å². The molecule has 0 aliphatic heterocycles. The third-order valence-corrected chi connectivity index (χ3v) is 7.91. The molecule has 0 bridgehead atoms. The zero-order valence-electron chi connectivity index (χ0n) is 19.0. The molecule has 2 aliphatic rings. The minimum atomic E-state index is -0.606. The highest BCUT2D eigenvalue weighted by molar-refractivity contribution is 5.78. The molecule has 0 spiro atoms. The van der Waals surface area contributed by atoms with Crippen LogP contribution in [-0.4, -0.2) is 22.2 Å². The van der Waals surface area contributed by atoms with Crippen molar-refractivity contribution in [2.24, 2.45) is 10.8 Å². The van der Waals surface area contributed by atoms with Crippen LogP contribution in [0.5, 0.6) is 0 Å². The molecule has 3 rings (SSSR count). The lowest BCUT2D eigenvalue weighted by Gasteiger charge is -2.18. The maximum atomic E-state index is 11.3. The third-order valence-electron chi connectivity index (χ3n) is 7.91. The summed E-state index contributed by atoms with van der Waals surface area (Å²) >= 11 is 0. The van der Waals surface area contributed by atoms with E-state index in [4.69, 9.17) is 0 Å². The van der Waals surface area contributed by atoms with Crippen molar-refractivity contribution in [3.8, 4) is 0 Å². The predicted octanol–water partition coefficient (Wildman–Crippen LogP) is 6.16. The first-order valence-electron chi connectivity index (χ1n) is 11.8. The van der Waals surface area contributed by atoms with Gasteiger partial charge in [0.25, 0.3) is 0 Å². The van der Waals surface area contributed by atoms with Crippen LogP contribution in [0.25, 0.3) is 0 Å². The Balaban J connectivity index is 1.45. The highest BCUT2D eigenvalue weighted by Crippen LogP contribution is 2.50. The average Bonchev–Trinajstić information content (AvgIpc) is 3.60. The average molecular weight is 415 g/mol. The highest BCUT2D eigenvalue weighted by Gasteiger charge is 2.49. The summed E-state index contributed by atoms with van der Waals surface area (Å²) in [5.74, 6) is -1.21. The fourth-order valence-electron chi connectivity index (χ4n) is 5.03. The molecule has 0 saturated heterocycles. The second-order valence-electron chi connectivity index (χ2n) is 10.0. The first kappa shape index (κ1) is 22.8. The molecule has 0 radical (unpaired) electrons. The summed E-state index contributed by atoms with van der Waals surface area (Å²) < 4.78 is 0. The van der Waals surface area contributed by atoms with Crippen molar-refractivity contribution >= 4 is 11.9 Å². The molecule has 2 N–H and O–H groups in total. The number of unbranched alkanes of at least 4 members (excludes halogenated alkanes) is 3. The van der Waals surface area contributed by atoms with Crippen LogP contribution < -0.4 is 0 Å². The molecule has 0 aromatic heterocycles. The molecule has 166 valence electrons. The fourth-order valence-corrected chi connectivity index (χ4v) is 5.03. The quantitative estimate of drug-likeness (QED) is 0.379. The molecule has 1 aromatic carbocycles. The molecule has 0 atom stereocenters. The molecule has 0 unspecified atom stereocenters. The first-order valence-corrected chi connectivity index (χ1v) is 11.8. The van der Waals surface area contributed by atoms with E-state index >= 15 is 0 Å². The van der Waals surface area contributed by atoms with Gasteiger partial charge in [-0.15, -0.1) is 0 Å². The molecule has 0 heterocycles. The van der Waals surface area contributed by atoms with Gasteiger partial charge in [-0.2, -0.15) is 0 Å². The van der Waals surface area contributed by atoms with Crippen LogP contribution in [0.15, 0.2) is 6.07 Å². The lowest BCUT2D eigenvalue weighted by atomic mass is 9.88. The van der Waals surface area contributed by atoms with Gasteiger partial charge in [0.05, 0.1) is 10.8 Å². The van der Waals surface area contributed by atoms with E-state index in [0.717, 1.165) is 83.5 Å². The molecule has 4 nitrogen and oxygen atoms in total. The van der Waals surface area contributed by atoms with Crippen molar-refractivity contribution in [2.45, 2.75) is 104 Å². The zero-order chi connectivity index (χ0) is 21.9. The maximum absolute atomic E-state index is 11.3. The normalized spacial score (nSPS) is 18.2. The topological polar surface area (TPSA) is 74.6 Å². The summed E-state index contributed by atoms with van der Waals surface area (Å²) in [7, 11) is 0. The van der Waals surface area contributed by atoms with Crippen molar-refractivity contribution in [1.29, 1.82) is 0 Å². The number of hydrogen-bond donors (Lipinski definition) is 2. The summed E-state index contributed by atoms with van der Waals surface area (Å²) in [4.78, 5) is 22.6. The van der Waals surface area contributed by atoms with E-state index in [1.807, 2.05) is 0 Å². The summed E-state index contributed by atoms with van der Waals surface area (Å²) in [5.41, 5.74) is 6.23. The fraction of sp³-hybridized carbons (Fsp3) is 0.692. The molecule has 30 heavy (non-hydrogen) atoms. The minimum absolute atomic E-state index is 0.381. The second kappa shape index (κ2) is 9.11. The Bertz CT molecular complexity index is 800. The number of carboxylic acids is 2. The monoisotopic (exact) mass is 414 g/mol. The van der Waals surface area contributed by atoms with Crippen LogP contribution in [0, 0.1) is 31.6 Å². The van der Waals surface area contributed by atoms with E-state index in [1.54, 1.807) is 0 Å². The van der Waals surface area contributed by atoms with Crippen molar-refractivity contribution in [3.63, 3.8) is 0 Å². The SMILES string of the molecule is Cc1cc(CCCCCC2(C(=O)O)CC2)c(C)c(C)c1CCCCC1(C(=O)O)CC1. The number of benzene rings is 1. The minimum Gasteiger partial charge on any atom is -0.481 e. The van der Waals surface area contributed by atoms with Gasteiger partial charge in [0.2, 0.25) is 0 Å². The molecular weight excluding hydrogens is 376 g/mol. The van der Waals surface area contributed by atoms with Crippen LogP contribution in [0.2, 0.25) is 0 Å². The Morgan fingerprint density at radius 2 is 1.27 bits per heavy atom. The van der Waals surface area contributed by atoms with Crippen molar-refractivity contribution in [3.05, 3.63) is 33.9 Å². The maximum Gasteiger partial charge on any atom is 0.309 e. The Morgan fingerprint density at radius 1 is 0.767 bits per heavy atom. The van der Waals surface area contributed by atoms with Crippen molar-refractivity contribution in [1.82, 2.24) is 0 Å². The van der Waals surface area contributed by atoms with Gasteiger partial charge in [0, 0.05) is 0 Å². The van der Waals surface area contributed by atoms with E-state index in [2.05, 4.69) is 26.8 Å². The molecule has 2 fully saturated rings.